The van der Waals surface area contributed by atoms with Gasteiger partial charge in [-0.2, -0.15) is 4.98 Å². The van der Waals surface area contributed by atoms with Crippen molar-refractivity contribution in [3.63, 3.8) is 0 Å². The van der Waals surface area contributed by atoms with Gasteiger partial charge in [-0.1, -0.05) is 37.3 Å². The van der Waals surface area contributed by atoms with Crippen molar-refractivity contribution in [1.82, 2.24) is 9.97 Å². The van der Waals surface area contributed by atoms with E-state index in [1.165, 1.54) is 13.2 Å². The molecule has 10 heteroatoms. The molecule has 1 heterocycles. The van der Waals surface area contributed by atoms with Gasteiger partial charge in [0.05, 0.1) is 18.6 Å². The summed E-state index contributed by atoms with van der Waals surface area (Å²) in [5.41, 5.74) is 0.662. The maximum Gasteiger partial charge on any atom is 0.263 e. The standard InChI is InChI=1S/C22H25N3O6S/c1-4-16-9-5-8-12-19(16)32(27,28)25-21-20(22(30-14-13-26)24-15(2)23-21)31-18-11-7-6-10-17(18)29-3/h5-12,26H,4,13-14H2,1-3H3,(H,23,24,25). The second kappa shape index (κ2) is 10.3. The Morgan fingerprint density at radius 1 is 1.03 bits per heavy atom. The predicted molar refractivity (Wildman–Crippen MR) is 119 cm³/mol. The normalized spacial score (nSPS) is 11.1. The summed E-state index contributed by atoms with van der Waals surface area (Å²) in [7, 11) is -2.51. The second-order valence-corrected chi connectivity index (χ2v) is 8.30. The Balaban J connectivity index is 2.11. The summed E-state index contributed by atoms with van der Waals surface area (Å²) >= 11 is 0. The van der Waals surface area contributed by atoms with Gasteiger partial charge >= 0.3 is 0 Å². The van der Waals surface area contributed by atoms with Gasteiger partial charge < -0.3 is 19.3 Å². The van der Waals surface area contributed by atoms with Crippen LogP contribution in [0.15, 0.2) is 53.4 Å². The molecule has 0 atom stereocenters. The first-order valence-corrected chi connectivity index (χ1v) is 11.4. The summed E-state index contributed by atoms with van der Waals surface area (Å²) in [5.74, 6) is 0.830. The third kappa shape index (κ3) is 5.27. The van der Waals surface area contributed by atoms with Gasteiger partial charge in [0.25, 0.3) is 15.9 Å². The minimum atomic E-state index is -4.00. The predicted octanol–water partition coefficient (Wildman–Crippen LogP) is 3.32. The van der Waals surface area contributed by atoms with Crippen LogP contribution >= 0.6 is 0 Å². The van der Waals surface area contributed by atoms with Crippen LogP contribution in [0, 0.1) is 6.92 Å². The number of hydrogen-bond acceptors (Lipinski definition) is 8. The molecule has 0 saturated carbocycles. The Labute approximate surface area is 187 Å². The van der Waals surface area contributed by atoms with Gasteiger partial charge in [-0.15, -0.1) is 0 Å². The van der Waals surface area contributed by atoms with Crippen molar-refractivity contribution in [2.45, 2.75) is 25.2 Å². The van der Waals surface area contributed by atoms with E-state index in [9.17, 15) is 13.5 Å². The highest BCUT2D eigenvalue weighted by Gasteiger charge is 2.25. The Hall–Kier alpha value is -3.37. The average Bonchev–Trinajstić information content (AvgIpc) is 2.79. The van der Waals surface area contributed by atoms with E-state index < -0.39 is 10.0 Å². The van der Waals surface area contributed by atoms with Crippen LogP contribution in [-0.4, -0.2) is 43.8 Å². The number of sulfonamides is 1. The van der Waals surface area contributed by atoms with E-state index in [1.807, 2.05) is 6.92 Å². The van der Waals surface area contributed by atoms with Gasteiger partial charge in [-0.3, -0.25) is 4.72 Å². The zero-order valence-electron chi connectivity index (χ0n) is 18.0. The lowest BCUT2D eigenvalue weighted by Crippen LogP contribution is -2.17. The molecule has 0 saturated heterocycles. The summed E-state index contributed by atoms with van der Waals surface area (Å²) in [6.07, 6.45) is 0.537. The summed E-state index contributed by atoms with van der Waals surface area (Å²) < 4.78 is 45.7. The molecule has 0 aliphatic heterocycles. The van der Waals surface area contributed by atoms with E-state index in [1.54, 1.807) is 49.4 Å². The Morgan fingerprint density at radius 2 is 1.72 bits per heavy atom. The highest BCUT2D eigenvalue weighted by molar-refractivity contribution is 7.92. The first kappa shape index (κ1) is 23.3. The SMILES string of the molecule is CCc1ccccc1S(=O)(=O)Nc1nc(C)nc(OCCO)c1Oc1ccccc1OC. The molecule has 0 radical (unpaired) electrons. The van der Waals surface area contributed by atoms with E-state index >= 15 is 0 Å². The van der Waals surface area contributed by atoms with E-state index in [0.29, 0.717) is 23.5 Å². The quantitative estimate of drug-likeness (QED) is 0.474. The number of ether oxygens (including phenoxy) is 3. The summed E-state index contributed by atoms with van der Waals surface area (Å²) in [4.78, 5) is 8.60. The molecule has 2 aromatic carbocycles. The van der Waals surface area contributed by atoms with E-state index in [0.717, 1.165) is 0 Å². The number of nitrogens with one attached hydrogen (secondary N) is 1. The third-order valence-corrected chi connectivity index (χ3v) is 5.87. The number of aromatic nitrogens is 2. The highest BCUT2D eigenvalue weighted by Crippen LogP contribution is 2.40. The van der Waals surface area contributed by atoms with E-state index in [2.05, 4.69) is 14.7 Å². The molecule has 0 unspecified atom stereocenters. The van der Waals surface area contributed by atoms with Crippen LogP contribution in [0.3, 0.4) is 0 Å². The number of anilines is 1. The molecule has 1 aromatic heterocycles. The van der Waals surface area contributed by atoms with E-state index in [-0.39, 0.29) is 41.4 Å². The molecule has 0 aliphatic rings. The second-order valence-electron chi connectivity index (χ2n) is 6.65. The van der Waals surface area contributed by atoms with Crippen molar-refractivity contribution < 1.29 is 27.7 Å². The molecular weight excluding hydrogens is 434 g/mol. The summed E-state index contributed by atoms with van der Waals surface area (Å²) in [6.45, 7) is 3.14. The average molecular weight is 460 g/mol. The van der Waals surface area contributed by atoms with Crippen molar-refractivity contribution in [3.05, 3.63) is 59.9 Å². The third-order valence-electron chi connectivity index (χ3n) is 4.43. The lowest BCUT2D eigenvalue weighted by molar-refractivity contribution is 0.192. The fourth-order valence-electron chi connectivity index (χ4n) is 2.99. The van der Waals surface area contributed by atoms with E-state index in [4.69, 9.17) is 14.2 Å². The first-order chi connectivity index (χ1) is 15.4. The number of methoxy groups -OCH3 is 1. The molecule has 2 N–H and O–H groups in total. The smallest absolute Gasteiger partial charge is 0.263 e. The molecule has 3 rings (SSSR count). The molecule has 0 bridgehead atoms. The van der Waals surface area contributed by atoms with Gasteiger partial charge in [0.2, 0.25) is 5.75 Å². The van der Waals surface area contributed by atoms with Gasteiger partial charge in [-0.25, -0.2) is 13.4 Å². The number of benzene rings is 2. The minimum absolute atomic E-state index is 0.0149. The van der Waals surface area contributed by atoms with Crippen LogP contribution in [0.4, 0.5) is 5.82 Å². The molecule has 3 aromatic rings. The van der Waals surface area contributed by atoms with Gasteiger partial charge in [0.15, 0.2) is 17.3 Å². The van der Waals surface area contributed by atoms with Gasteiger partial charge in [0, 0.05) is 0 Å². The van der Waals surface area contributed by atoms with Crippen LogP contribution in [0.1, 0.15) is 18.3 Å². The maximum atomic E-state index is 13.2. The molecule has 9 nitrogen and oxygen atoms in total. The number of rotatable bonds is 10. The number of aryl methyl sites for hydroxylation is 2. The molecule has 0 spiro atoms. The molecule has 0 aliphatic carbocycles. The van der Waals surface area contributed by atoms with Crippen LogP contribution in [-0.2, 0) is 16.4 Å². The largest absolute Gasteiger partial charge is 0.493 e. The number of nitrogens with zero attached hydrogens (tertiary/aromatic N) is 2. The molecule has 0 amide bonds. The Bertz CT molecular complexity index is 1180. The van der Waals surface area contributed by atoms with Crippen LogP contribution < -0.4 is 18.9 Å². The molecule has 0 fully saturated rings. The van der Waals surface area contributed by atoms with Gasteiger partial charge in [0.1, 0.15) is 12.4 Å². The first-order valence-electron chi connectivity index (χ1n) is 9.93. The molecule has 170 valence electrons. The fourth-order valence-corrected chi connectivity index (χ4v) is 4.31. The summed E-state index contributed by atoms with van der Waals surface area (Å²) in [6, 6.07) is 13.6. The number of aliphatic hydroxyl groups excluding tert-OH is 1. The number of aliphatic hydroxyl groups is 1. The summed E-state index contributed by atoms with van der Waals surface area (Å²) in [5, 5.41) is 9.18. The van der Waals surface area contributed by atoms with Gasteiger partial charge in [-0.05, 0) is 37.1 Å². The van der Waals surface area contributed by atoms with Crippen LogP contribution in [0.5, 0.6) is 23.1 Å². The van der Waals surface area contributed by atoms with Crippen molar-refractivity contribution in [1.29, 1.82) is 0 Å². The van der Waals surface area contributed by atoms with Crippen molar-refractivity contribution in [3.8, 4) is 23.1 Å². The van der Waals surface area contributed by atoms with Crippen molar-refractivity contribution in [2.75, 3.05) is 25.0 Å². The van der Waals surface area contributed by atoms with Crippen LogP contribution in [0.25, 0.3) is 0 Å². The molecular formula is C22H25N3O6S. The lowest BCUT2D eigenvalue weighted by Gasteiger charge is -2.18. The van der Waals surface area contributed by atoms with Crippen molar-refractivity contribution in [2.24, 2.45) is 0 Å². The molecule has 32 heavy (non-hydrogen) atoms. The van der Waals surface area contributed by atoms with Crippen LogP contribution in [0.2, 0.25) is 0 Å². The Kier molecular flexibility index (Phi) is 7.49. The monoisotopic (exact) mass is 459 g/mol. The lowest BCUT2D eigenvalue weighted by atomic mass is 10.2. The van der Waals surface area contributed by atoms with Crippen molar-refractivity contribution >= 4 is 15.8 Å². The zero-order chi connectivity index (χ0) is 23.1. The maximum absolute atomic E-state index is 13.2. The highest BCUT2D eigenvalue weighted by atomic mass is 32.2. The number of hydrogen-bond donors (Lipinski definition) is 2. The topological polar surface area (TPSA) is 120 Å². The Morgan fingerprint density at radius 3 is 2.41 bits per heavy atom. The number of para-hydroxylation sites is 2. The zero-order valence-corrected chi connectivity index (χ0v) is 18.8. The minimum Gasteiger partial charge on any atom is -0.493 e. The fraction of sp³-hybridized carbons (Fsp3) is 0.273.